The molecule has 1 fully saturated rings. The third-order valence-electron chi connectivity index (χ3n) is 30.4. The van der Waals surface area contributed by atoms with Gasteiger partial charge in [0.2, 0.25) is 0 Å². The van der Waals surface area contributed by atoms with Crippen LogP contribution < -0.4 is 33.2 Å². The van der Waals surface area contributed by atoms with Crippen molar-refractivity contribution in [1.29, 1.82) is 0 Å². The Morgan fingerprint density at radius 1 is 0.324 bits per heavy atom. The van der Waals surface area contributed by atoms with E-state index in [-0.39, 0.29) is 40.5 Å². The summed E-state index contributed by atoms with van der Waals surface area (Å²) in [7, 11) is 11.3. The lowest BCUT2D eigenvalue weighted by Crippen LogP contribution is -2.38. The third-order valence-corrected chi connectivity index (χ3v) is 32.7. The number of rotatable bonds is 14. The molecule has 12 aromatic rings. The first kappa shape index (κ1) is 92.7. The Kier molecular flexibility index (Phi) is 26.7. The van der Waals surface area contributed by atoms with E-state index in [2.05, 4.69) is 100 Å². The molecule has 0 radical (unpaired) electrons. The first-order valence-corrected chi connectivity index (χ1v) is 50.5. The highest BCUT2D eigenvalue weighted by Crippen LogP contribution is 2.52. The van der Waals surface area contributed by atoms with Crippen molar-refractivity contribution in [2.45, 2.75) is 226 Å². The molecule has 6 N–H and O–H groups in total. The molecule has 1 aliphatic carbocycles. The second kappa shape index (κ2) is 39.1. The summed E-state index contributed by atoms with van der Waals surface area (Å²) in [6, 6.07) is 38.6. The fourth-order valence-corrected chi connectivity index (χ4v) is 25.8. The molecule has 0 saturated heterocycles. The van der Waals surface area contributed by atoms with Crippen molar-refractivity contribution < 1.29 is 81.5 Å². The summed E-state index contributed by atoms with van der Waals surface area (Å²) in [5, 5.41) is 61.9. The minimum atomic E-state index is 0.221. The number of hydrogen-bond donors (Lipinski definition) is 6. The molecule has 6 aromatic heterocycles. The van der Waals surface area contributed by atoms with Crippen LogP contribution in [0.3, 0.4) is 0 Å². The Morgan fingerprint density at radius 2 is 0.640 bits per heavy atom. The van der Waals surface area contributed by atoms with Gasteiger partial charge in [0.05, 0.1) is 56.0 Å². The zero-order chi connectivity index (χ0) is 94.2. The Balaban J connectivity index is 0.000000101. The summed E-state index contributed by atoms with van der Waals surface area (Å²) in [6.07, 6.45) is 20.3. The smallest absolute Gasteiger partial charge is 0.173 e. The average molecular weight is 1880 g/mol. The Bertz CT molecular complexity index is 5960. The Morgan fingerprint density at radius 3 is 0.993 bits per heavy atom. The fraction of sp³-hybridized carbons (Fsp3) is 0.459. The van der Waals surface area contributed by atoms with Crippen LogP contribution >= 0.6 is 22.7 Å². The molecule has 718 valence electrons. The van der Waals surface area contributed by atoms with Gasteiger partial charge in [-0.25, -0.2) is 0 Å². The van der Waals surface area contributed by atoms with E-state index >= 15 is 0 Å². The van der Waals surface area contributed by atoms with Crippen molar-refractivity contribution in [3.8, 4) is 74.1 Å². The lowest BCUT2D eigenvalue weighted by atomic mass is 9.86. The van der Waals surface area contributed by atoms with E-state index in [1.54, 1.807) is 72.2 Å². The number of aryl methyl sites for hydroxylation is 1. The summed E-state index contributed by atoms with van der Waals surface area (Å²) in [6.45, 7) is 23.2. The highest BCUT2D eigenvalue weighted by molar-refractivity contribution is 7.14. The van der Waals surface area contributed by atoms with E-state index in [0.717, 1.165) is 220 Å². The van der Waals surface area contributed by atoms with Crippen LogP contribution in [0.4, 0.5) is 0 Å². The topological polar surface area (TPSA) is 258 Å². The van der Waals surface area contributed by atoms with Crippen LogP contribution in [0.2, 0.25) is 0 Å². The number of fused-ring (bicyclic) bond motifs is 24. The van der Waals surface area contributed by atoms with Gasteiger partial charge in [-0.15, -0.1) is 22.7 Å². The summed E-state index contributed by atoms with van der Waals surface area (Å²) in [5.74, 6) is 14.8. The van der Waals surface area contributed by atoms with Crippen LogP contribution in [-0.4, -0.2) is 149 Å². The maximum absolute atomic E-state index is 10.2. The van der Waals surface area contributed by atoms with E-state index < -0.39 is 0 Å². The molecule has 23 nitrogen and oxygen atoms in total. The molecular formula is C111H130N6O17S2. The molecule has 1 saturated carbocycles. The van der Waals surface area contributed by atoms with E-state index in [1.165, 1.54) is 135 Å². The van der Waals surface area contributed by atoms with Crippen molar-refractivity contribution >= 4 is 22.7 Å². The van der Waals surface area contributed by atoms with Gasteiger partial charge in [-0.3, -0.25) is 29.4 Å². The first-order valence-electron chi connectivity index (χ1n) is 48.9. The molecule has 0 unspecified atom stereocenters. The number of nitrogens with zero attached hydrogens (tertiary/aromatic N) is 6. The second-order valence-electron chi connectivity index (χ2n) is 39.9. The predicted octanol–water partition coefficient (Wildman–Crippen LogP) is 20.8. The van der Waals surface area contributed by atoms with Crippen molar-refractivity contribution in [2.24, 2.45) is 17.8 Å². The molecule has 0 bridgehead atoms. The zero-order valence-corrected chi connectivity index (χ0v) is 82.2. The van der Waals surface area contributed by atoms with E-state index in [0.29, 0.717) is 76.5 Å². The summed E-state index contributed by atoms with van der Waals surface area (Å²) < 4.78 is 60.8. The van der Waals surface area contributed by atoms with Crippen LogP contribution in [-0.2, 0) is 142 Å². The van der Waals surface area contributed by atoms with Gasteiger partial charge in [0.25, 0.3) is 0 Å². The van der Waals surface area contributed by atoms with Gasteiger partial charge in [-0.05, 0) is 275 Å². The highest BCUT2D eigenvalue weighted by Gasteiger charge is 2.43. The molecule has 13 aliphatic rings. The maximum Gasteiger partial charge on any atom is 0.173 e. The van der Waals surface area contributed by atoms with Crippen LogP contribution in [0.15, 0.2) is 133 Å². The molecule has 0 spiro atoms. The van der Waals surface area contributed by atoms with Gasteiger partial charge in [-0.2, -0.15) is 0 Å². The number of benzene rings is 6. The van der Waals surface area contributed by atoms with E-state index in [1.807, 2.05) is 84.1 Å². The van der Waals surface area contributed by atoms with Gasteiger partial charge in [-0.1, -0.05) is 34.6 Å². The molecule has 136 heavy (non-hydrogen) atoms. The van der Waals surface area contributed by atoms with Gasteiger partial charge >= 0.3 is 0 Å². The summed E-state index contributed by atoms with van der Waals surface area (Å²) >= 11 is 3.75. The molecule has 12 aliphatic heterocycles. The highest BCUT2D eigenvalue weighted by atomic mass is 32.1. The van der Waals surface area contributed by atoms with Gasteiger partial charge in [0.1, 0.15) is 40.3 Å². The number of phenols is 6. The molecule has 6 aromatic carbocycles. The lowest BCUT2D eigenvalue weighted by molar-refractivity contribution is 0.150. The Hall–Kier alpha value is -11.0. The van der Waals surface area contributed by atoms with Crippen molar-refractivity contribution in [2.75, 3.05) is 89.0 Å². The zero-order valence-electron chi connectivity index (χ0n) is 80.6. The van der Waals surface area contributed by atoms with Gasteiger partial charge in [0.15, 0.2) is 74.1 Å². The number of aromatic hydroxyl groups is 6. The SMILES string of the molecule is CCc1cc2c(o1)C[C@H]1c3cc(O)c(OC)cc3CCN1C2.COc1cc2c(cc1O)[C@@H]1Cc3cc(CC(C)C)sc3CN1CC2.COc1cc2c(cc1O)[C@@H]1Cc3oc(CC(C)C)cc3CN1CC2.COc1cc2c(cc1O)[C@@H]1Cc3oc(CC4CC4)cc3CN1CC2.COc1cc2c(cc1O)[C@@H]1Cc3occc3CN1CC2.COc1cc2c(s1)CN1CCc3cc(OC)c(O)cc3[C@@H]1C2. The molecular weight excluding hydrogens is 1750 g/mol. The third kappa shape index (κ3) is 18.8. The quantitative estimate of drug-likeness (QED) is 0.0591. The minimum absolute atomic E-state index is 0.221. The number of phenolic OH excluding ortho intramolecular Hbond substituents is 6. The van der Waals surface area contributed by atoms with E-state index in [9.17, 15) is 30.6 Å². The average Bonchev–Trinajstić information content (AvgIpc) is 1.33. The van der Waals surface area contributed by atoms with Crippen molar-refractivity contribution in [3.63, 3.8) is 0 Å². The number of methoxy groups -OCH3 is 7. The fourth-order valence-electron chi connectivity index (χ4n) is 23.3. The number of thiophene rings is 2. The van der Waals surface area contributed by atoms with Gasteiger partial charge < -0.3 is 81.5 Å². The maximum atomic E-state index is 10.2. The van der Waals surface area contributed by atoms with Crippen LogP contribution in [0.25, 0.3) is 0 Å². The normalized spacial score (nSPS) is 20.5. The standard InChI is InChI=1S/C20H23NO3.C20H25NO3.C20H25NO2S.C18H21NO3.C17H19NO3S.C16H17NO3/c1-23-20-8-13-4-5-21-11-14-7-15(6-12-2-3-12)24-19(14)10-17(21)16(13)9-18(20)22;1-12(2)6-15-7-14-11-21-5-4-13-8-20(23-3)18(22)9-16(13)17(21)10-19(14)24-15;1-12(2)6-15-7-14-8-17-16-10-18(22)19(23-3)9-13(16)4-5-21(17)11-20(14)24-15;1-3-13-6-12-10-19-5-4-11-7-18(21-2)16(20)8-14(11)15(19)9-17(12)22-13;1-20-15-6-10-3-4-18-9-16-11(7-17(21-2)22-16)5-13(18)12(10)8-14(15)19;1-19-16-6-10-2-4-17-9-11-3-5-20-15(11)8-13(17)12(10)7-14(16)18/h7-9,12,17,22H,2-6,10-11H2,1H3;7-9,12,17,22H,4-6,10-11H2,1-3H3;7,9-10,12,17,22H,4-6,8,11H2,1-3H3;6-8,15,20H,3-5,9-10H2,1-2H3;6-8,13,19H,3-5,9H2,1-2H3;3,5-7,13,18H,2,4,8-9H2,1H3/t3*17-;15-;2*13-/m000000/s1. The molecule has 18 heterocycles. The monoisotopic (exact) mass is 1880 g/mol. The van der Waals surface area contributed by atoms with Crippen molar-refractivity contribution in [1.82, 2.24) is 29.4 Å². The molecule has 25 rings (SSSR count). The molecule has 25 heteroatoms. The van der Waals surface area contributed by atoms with Crippen LogP contribution in [0.5, 0.6) is 74.1 Å². The first-order chi connectivity index (χ1) is 65.9. The Labute approximate surface area is 805 Å². The molecule has 0 amide bonds. The number of hydrogen-bond acceptors (Lipinski definition) is 25. The number of furan rings is 4. The second-order valence-corrected chi connectivity index (χ2v) is 42.2. The van der Waals surface area contributed by atoms with Gasteiger partial charge in [0, 0.05) is 197 Å². The van der Waals surface area contributed by atoms with Crippen LogP contribution in [0, 0.1) is 17.8 Å². The minimum Gasteiger partial charge on any atom is -0.504 e. The summed E-state index contributed by atoms with van der Waals surface area (Å²) in [4.78, 5) is 19.5. The van der Waals surface area contributed by atoms with Crippen LogP contribution in [0.1, 0.15) is 239 Å². The summed E-state index contributed by atoms with van der Waals surface area (Å²) in [5.41, 5.74) is 23.3. The van der Waals surface area contributed by atoms with Crippen molar-refractivity contribution in [3.05, 3.63) is 271 Å². The predicted molar refractivity (Wildman–Crippen MR) is 524 cm³/mol. The molecule has 6 atom stereocenters. The van der Waals surface area contributed by atoms with E-state index in [4.69, 9.17) is 50.8 Å². The largest absolute Gasteiger partial charge is 0.504 e. The lowest BCUT2D eigenvalue weighted by Gasteiger charge is -2.40. The number of ether oxygens (including phenoxy) is 7.